The van der Waals surface area contributed by atoms with E-state index in [1.165, 1.54) is 16.7 Å². The number of hydrogen-bond acceptors (Lipinski definition) is 3. The fourth-order valence-corrected chi connectivity index (χ4v) is 3.09. The Balaban J connectivity index is 1.57. The molecule has 5 heteroatoms. The van der Waals surface area contributed by atoms with E-state index in [1.54, 1.807) is 6.92 Å². The third kappa shape index (κ3) is 4.11. The predicted octanol–water partition coefficient (Wildman–Crippen LogP) is 2.46. The summed E-state index contributed by atoms with van der Waals surface area (Å²) in [5, 5.41) is 8.91. The van der Waals surface area contributed by atoms with Crippen LogP contribution < -0.4 is 16.0 Å². The van der Waals surface area contributed by atoms with Crippen LogP contribution in [0.15, 0.2) is 42.5 Å². The molecule has 3 rings (SSSR count). The molecular formula is C21H25N3O2. The van der Waals surface area contributed by atoms with Crippen LogP contribution in [0, 0.1) is 13.8 Å². The zero-order valence-electron chi connectivity index (χ0n) is 15.4. The molecule has 5 nitrogen and oxygen atoms in total. The molecule has 2 aromatic carbocycles. The van der Waals surface area contributed by atoms with Crippen LogP contribution in [0.25, 0.3) is 0 Å². The summed E-state index contributed by atoms with van der Waals surface area (Å²) >= 11 is 0. The summed E-state index contributed by atoms with van der Waals surface area (Å²) < 4.78 is 0. The summed E-state index contributed by atoms with van der Waals surface area (Å²) in [4.78, 5) is 24.9. The first-order valence-electron chi connectivity index (χ1n) is 8.92. The van der Waals surface area contributed by atoms with Crippen LogP contribution >= 0.6 is 0 Å². The summed E-state index contributed by atoms with van der Waals surface area (Å²) in [7, 11) is 0. The Hall–Kier alpha value is -2.66. The van der Waals surface area contributed by atoms with Gasteiger partial charge in [0.15, 0.2) is 0 Å². The van der Waals surface area contributed by atoms with E-state index < -0.39 is 6.04 Å². The summed E-state index contributed by atoms with van der Waals surface area (Å²) in [6.45, 7) is 6.39. The van der Waals surface area contributed by atoms with E-state index in [0.29, 0.717) is 13.0 Å². The fraction of sp³-hybridized carbons (Fsp3) is 0.333. The van der Waals surface area contributed by atoms with Crippen molar-refractivity contribution in [1.29, 1.82) is 0 Å². The molecule has 1 aliphatic rings. The van der Waals surface area contributed by atoms with Crippen molar-refractivity contribution < 1.29 is 9.59 Å². The molecule has 0 fully saturated rings. The zero-order chi connectivity index (χ0) is 18.7. The molecule has 0 saturated heterocycles. The minimum Gasteiger partial charge on any atom is -0.343 e. The molecule has 2 unspecified atom stereocenters. The third-order valence-electron chi connectivity index (χ3n) is 4.92. The summed E-state index contributed by atoms with van der Waals surface area (Å²) in [6, 6.07) is 12.9. The second-order valence-corrected chi connectivity index (χ2v) is 6.92. The number of carbonyl (C=O) groups is 2. The number of aryl methyl sites for hydroxylation is 2. The molecule has 1 aliphatic heterocycles. The Kier molecular flexibility index (Phi) is 5.38. The Bertz CT molecular complexity index is 832. The monoisotopic (exact) mass is 351 g/mol. The molecule has 0 aliphatic carbocycles. The average Bonchev–Trinajstić information content (AvgIpc) is 2.64. The quantitative estimate of drug-likeness (QED) is 0.792. The average molecular weight is 351 g/mol. The second kappa shape index (κ2) is 7.70. The van der Waals surface area contributed by atoms with Crippen molar-refractivity contribution in [2.24, 2.45) is 0 Å². The van der Waals surface area contributed by atoms with Crippen molar-refractivity contribution >= 4 is 17.5 Å². The smallest absolute Gasteiger partial charge is 0.246 e. The summed E-state index contributed by atoms with van der Waals surface area (Å²) in [5.41, 5.74) is 5.43. The van der Waals surface area contributed by atoms with Gasteiger partial charge in [-0.05, 0) is 61.6 Å². The number of anilines is 1. The SMILES string of the molecule is Cc1ccc(NC(=O)C(C)NC(=O)C2Cc3ccccc3CN2)cc1C. The van der Waals surface area contributed by atoms with Crippen molar-refractivity contribution in [3.05, 3.63) is 64.7 Å². The molecular weight excluding hydrogens is 326 g/mol. The van der Waals surface area contributed by atoms with Gasteiger partial charge < -0.3 is 16.0 Å². The van der Waals surface area contributed by atoms with E-state index in [1.807, 2.05) is 50.2 Å². The number of hydrogen-bond donors (Lipinski definition) is 3. The summed E-state index contributed by atoms with van der Waals surface area (Å²) in [6.07, 6.45) is 0.632. The third-order valence-corrected chi connectivity index (χ3v) is 4.92. The van der Waals surface area contributed by atoms with Crippen LogP contribution in [0.5, 0.6) is 0 Å². The normalized spacial score (nSPS) is 17.1. The van der Waals surface area contributed by atoms with E-state index in [2.05, 4.69) is 22.0 Å². The van der Waals surface area contributed by atoms with Crippen molar-refractivity contribution in [2.75, 3.05) is 5.32 Å². The number of nitrogens with one attached hydrogen (secondary N) is 3. The van der Waals surface area contributed by atoms with Crippen LogP contribution in [0.3, 0.4) is 0 Å². The van der Waals surface area contributed by atoms with Crippen molar-refractivity contribution in [3.63, 3.8) is 0 Å². The molecule has 0 aromatic heterocycles. The molecule has 3 N–H and O–H groups in total. The minimum absolute atomic E-state index is 0.151. The van der Waals surface area contributed by atoms with Gasteiger partial charge in [-0.25, -0.2) is 0 Å². The topological polar surface area (TPSA) is 70.2 Å². The Labute approximate surface area is 154 Å². The highest BCUT2D eigenvalue weighted by Gasteiger charge is 2.26. The molecule has 136 valence electrons. The van der Waals surface area contributed by atoms with Crippen LogP contribution in [-0.2, 0) is 22.6 Å². The number of benzene rings is 2. The molecule has 0 spiro atoms. The van der Waals surface area contributed by atoms with Gasteiger partial charge in [0.2, 0.25) is 11.8 Å². The number of rotatable bonds is 4. The molecule has 2 atom stereocenters. The highest BCUT2D eigenvalue weighted by molar-refractivity contribution is 5.97. The van der Waals surface area contributed by atoms with Crippen molar-refractivity contribution in [2.45, 2.75) is 45.8 Å². The lowest BCUT2D eigenvalue weighted by Crippen LogP contribution is -2.52. The van der Waals surface area contributed by atoms with Crippen LogP contribution in [0.2, 0.25) is 0 Å². The summed E-state index contributed by atoms with van der Waals surface area (Å²) in [5.74, 6) is -0.375. The Morgan fingerprint density at radius 2 is 1.81 bits per heavy atom. The zero-order valence-corrected chi connectivity index (χ0v) is 15.4. The highest BCUT2D eigenvalue weighted by Crippen LogP contribution is 2.17. The lowest BCUT2D eigenvalue weighted by Gasteiger charge is -2.26. The van der Waals surface area contributed by atoms with Gasteiger partial charge in [0.25, 0.3) is 0 Å². The van der Waals surface area contributed by atoms with Gasteiger partial charge >= 0.3 is 0 Å². The van der Waals surface area contributed by atoms with Crippen molar-refractivity contribution in [1.82, 2.24) is 10.6 Å². The largest absolute Gasteiger partial charge is 0.343 e. The molecule has 2 amide bonds. The maximum absolute atomic E-state index is 12.5. The first-order chi connectivity index (χ1) is 12.4. The lowest BCUT2D eigenvalue weighted by atomic mass is 9.95. The first kappa shape index (κ1) is 18.1. The molecule has 26 heavy (non-hydrogen) atoms. The maximum Gasteiger partial charge on any atom is 0.246 e. The highest BCUT2D eigenvalue weighted by atomic mass is 16.2. The van der Waals surface area contributed by atoms with E-state index in [0.717, 1.165) is 11.3 Å². The van der Waals surface area contributed by atoms with E-state index in [4.69, 9.17) is 0 Å². The molecule has 0 bridgehead atoms. The van der Waals surface area contributed by atoms with Crippen molar-refractivity contribution in [3.8, 4) is 0 Å². The van der Waals surface area contributed by atoms with Gasteiger partial charge in [-0.15, -0.1) is 0 Å². The predicted molar refractivity (Wildman–Crippen MR) is 103 cm³/mol. The second-order valence-electron chi connectivity index (χ2n) is 6.92. The molecule has 0 saturated carbocycles. The first-order valence-corrected chi connectivity index (χ1v) is 8.92. The van der Waals surface area contributed by atoms with Crippen LogP contribution in [0.4, 0.5) is 5.69 Å². The van der Waals surface area contributed by atoms with E-state index >= 15 is 0 Å². The van der Waals surface area contributed by atoms with E-state index in [9.17, 15) is 9.59 Å². The van der Waals surface area contributed by atoms with Crippen LogP contribution in [0.1, 0.15) is 29.2 Å². The number of amides is 2. The van der Waals surface area contributed by atoms with Gasteiger partial charge in [-0.3, -0.25) is 9.59 Å². The minimum atomic E-state index is -0.608. The molecule has 1 heterocycles. The Morgan fingerprint density at radius 3 is 2.54 bits per heavy atom. The van der Waals surface area contributed by atoms with E-state index in [-0.39, 0.29) is 17.9 Å². The Morgan fingerprint density at radius 1 is 1.08 bits per heavy atom. The lowest BCUT2D eigenvalue weighted by molar-refractivity contribution is -0.127. The van der Waals surface area contributed by atoms with Gasteiger partial charge in [-0.2, -0.15) is 0 Å². The van der Waals surface area contributed by atoms with Gasteiger partial charge in [0.05, 0.1) is 6.04 Å². The number of fused-ring (bicyclic) bond motifs is 1. The van der Waals surface area contributed by atoms with Gasteiger partial charge in [0.1, 0.15) is 6.04 Å². The van der Waals surface area contributed by atoms with Gasteiger partial charge in [0, 0.05) is 12.2 Å². The molecule has 0 radical (unpaired) electrons. The standard InChI is InChI=1S/C21H25N3O2/c1-13-8-9-18(10-14(13)2)24-20(25)15(3)23-21(26)19-11-16-6-4-5-7-17(16)12-22-19/h4-10,15,19,22H,11-12H2,1-3H3,(H,23,26)(H,24,25). The van der Waals surface area contributed by atoms with Gasteiger partial charge in [-0.1, -0.05) is 30.3 Å². The molecule has 2 aromatic rings. The fourth-order valence-electron chi connectivity index (χ4n) is 3.09. The number of carbonyl (C=O) groups excluding carboxylic acids is 2. The maximum atomic E-state index is 12.5. The van der Waals surface area contributed by atoms with Crippen LogP contribution in [-0.4, -0.2) is 23.9 Å².